The molecule has 0 spiro atoms. The molecule has 0 saturated heterocycles. The molecule has 2 aromatic rings. The van der Waals surface area contributed by atoms with Gasteiger partial charge in [-0.1, -0.05) is 0 Å². The Bertz CT molecular complexity index is 575. The second-order valence-electron chi connectivity index (χ2n) is 3.59. The maximum atomic E-state index is 12.3. The fraction of sp³-hybridized carbons (Fsp3) is 0.0833. The van der Waals surface area contributed by atoms with E-state index in [2.05, 4.69) is 26.5 Å². The van der Waals surface area contributed by atoms with Gasteiger partial charge in [-0.3, -0.25) is 5.43 Å². The first-order chi connectivity index (χ1) is 8.95. The van der Waals surface area contributed by atoms with Gasteiger partial charge in [-0.05, 0) is 52.3 Å². The van der Waals surface area contributed by atoms with Crippen LogP contribution in [0.1, 0.15) is 10.4 Å². The quantitative estimate of drug-likeness (QED) is 0.614. The van der Waals surface area contributed by atoms with Crippen LogP contribution >= 0.6 is 27.3 Å². The summed E-state index contributed by atoms with van der Waals surface area (Å²) in [4.78, 5) is 0.936. The lowest BCUT2D eigenvalue weighted by Gasteiger charge is -2.06. The number of hydrogen-bond acceptors (Lipinski definition) is 3. The Balaban J connectivity index is 1.98. The highest BCUT2D eigenvalue weighted by atomic mass is 79.9. The number of nitrogens with zero attached hydrogens (tertiary/aromatic N) is 1. The molecule has 0 bridgehead atoms. The van der Waals surface area contributed by atoms with Gasteiger partial charge in [-0.25, -0.2) is 0 Å². The van der Waals surface area contributed by atoms with E-state index >= 15 is 0 Å². The number of benzene rings is 1. The fourth-order valence-corrected chi connectivity index (χ4v) is 2.60. The Labute approximate surface area is 120 Å². The predicted molar refractivity (Wildman–Crippen MR) is 74.7 cm³/mol. The number of anilines is 1. The lowest BCUT2D eigenvalue weighted by molar-refractivity contribution is -0.137. The third-order valence-corrected chi connectivity index (χ3v) is 3.75. The molecule has 7 heteroatoms. The Hall–Kier alpha value is -1.34. The number of rotatable bonds is 3. The van der Waals surface area contributed by atoms with Crippen molar-refractivity contribution >= 4 is 39.2 Å². The van der Waals surface area contributed by atoms with Crippen molar-refractivity contribution in [2.45, 2.75) is 6.18 Å². The normalized spacial score (nSPS) is 12.0. The van der Waals surface area contributed by atoms with Gasteiger partial charge in [0.05, 0.1) is 21.3 Å². The molecule has 0 aliphatic carbocycles. The molecule has 0 fully saturated rings. The van der Waals surface area contributed by atoms with E-state index in [1.165, 1.54) is 23.5 Å². The summed E-state index contributed by atoms with van der Waals surface area (Å²) in [5.74, 6) is 0. The third kappa shape index (κ3) is 4.07. The average molecular weight is 349 g/mol. The largest absolute Gasteiger partial charge is 0.416 e. The van der Waals surface area contributed by atoms with Crippen LogP contribution in [-0.4, -0.2) is 6.21 Å². The molecule has 0 amide bonds. The minimum Gasteiger partial charge on any atom is -0.278 e. The second-order valence-corrected chi connectivity index (χ2v) is 6.08. The van der Waals surface area contributed by atoms with Crippen LogP contribution in [0.3, 0.4) is 0 Å². The molecule has 0 aliphatic heterocycles. The maximum Gasteiger partial charge on any atom is 0.416 e. The number of nitrogens with one attached hydrogen (secondary N) is 1. The van der Waals surface area contributed by atoms with E-state index < -0.39 is 11.7 Å². The average Bonchev–Trinajstić information content (AvgIpc) is 2.75. The summed E-state index contributed by atoms with van der Waals surface area (Å²) < 4.78 is 38.0. The van der Waals surface area contributed by atoms with Crippen molar-refractivity contribution in [1.82, 2.24) is 0 Å². The molecule has 19 heavy (non-hydrogen) atoms. The smallest absolute Gasteiger partial charge is 0.278 e. The zero-order valence-electron chi connectivity index (χ0n) is 9.41. The molecule has 2 rings (SSSR count). The Morgan fingerprint density at radius 2 is 1.79 bits per heavy atom. The van der Waals surface area contributed by atoms with E-state index in [0.29, 0.717) is 5.69 Å². The van der Waals surface area contributed by atoms with Gasteiger partial charge < -0.3 is 0 Å². The van der Waals surface area contributed by atoms with Crippen molar-refractivity contribution in [2.24, 2.45) is 5.10 Å². The molecule has 1 heterocycles. The molecule has 2 nitrogen and oxygen atoms in total. The van der Waals surface area contributed by atoms with E-state index in [-0.39, 0.29) is 0 Å². The van der Waals surface area contributed by atoms with Crippen LogP contribution in [0.5, 0.6) is 0 Å². The van der Waals surface area contributed by atoms with Gasteiger partial charge in [-0.15, -0.1) is 11.3 Å². The number of hydrazone groups is 1. The SMILES string of the molecule is FC(F)(F)c1ccc(NN=Cc2ccc(Br)s2)cc1. The lowest BCUT2D eigenvalue weighted by Crippen LogP contribution is -2.04. The third-order valence-electron chi connectivity index (χ3n) is 2.19. The Morgan fingerprint density at radius 3 is 2.32 bits per heavy atom. The first kappa shape index (κ1) is 14.1. The van der Waals surface area contributed by atoms with E-state index in [0.717, 1.165) is 20.8 Å². The van der Waals surface area contributed by atoms with Crippen LogP contribution in [0.25, 0.3) is 0 Å². The van der Waals surface area contributed by atoms with E-state index in [1.54, 1.807) is 6.21 Å². The van der Waals surface area contributed by atoms with Crippen molar-refractivity contribution in [3.63, 3.8) is 0 Å². The van der Waals surface area contributed by atoms with Crippen LogP contribution in [-0.2, 0) is 6.18 Å². The Kier molecular flexibility index (Phi) is 4.26. The van der Waals surface area contributed by atoms with Crippen molar-refractivity contribution in [2.75, 3.05) is 5.43 Å². The number of hydrogen-bond donors (Lipinski definition) is 1. The zero-order valence-corrected chi connectivity index (χ0v) is 11.8. The molecule has 0 radical (unpaired) electrons. The molecule has 1 aromatic heterocycles. The predicted octanol–water partition coefficient (Wildman–Crippen LogP) is 4.98. The molecule has 1 N–H and O–H groups in total. The summed E-state index contributed by atoms with van der Waals surface area (Å²) in [6.07, 6.45) is -2.71. The van der Waals surface area contributed by atoms with Crippen molar-refractivity contribution < 1.29 is 13.2 Å². The van der Waals surface area contributed by atoms with Gasteiger partial charge in [-0.2, -0.15) is 18.3 Å². The number of halogens is 4. The van der Waals surface area contributed by atoms with Gasteiger partial charge in [0.1, 0.15) is 0 Å². The second kappa shape index (κ2) is 5.75. The molecule has 0 saturated carbocycles. The number of alkyl halides is 3. The summed E-state index contributed by atoms with van der Waals surface area (Å²) in [6.45, 7) is 0. The molecular weight excluding hydrogens is 341 g/mol. The molecule has 0 unspecified atom stereocenters. The van der Waals surface area contributed by atoms with Crippen molar-refractivity contribution in [3.8, 4) is 0 Å². The van der Waals surface area contributed by atoms with Crippen LogP contribution < -0.4 is 5.43 Å². The van der Waals surface area contributed by atoms with Gasteiger partial charge in [0, 0.05) is 4.88 Å². The van der Waals surface area contributed by atoms with E-state index in [9.17, 15) is 13.2 Å². The summed E-state index contributed by atoms with van der Waals surface area (Å²) >= 11 is 4.83. The molecule has 100 valence electrons. The minimum atomic E-state index is -4.31. The summed E-state index contributed by atoms with van der Waals surface area (Å²) in [7, 11) is 0. The van der Waals surface area contributed by atoms with Crippen molar-refractivity contribution in [3.05, 3.63) is 50.6 Å². The van der Waals surface area contributed by atoms with Gasteiger partial charge in [0.2, 0.25) is 0 Å². The summed E-state index contributed by atoms with van der Waals surface area (Å²) in [6, 6.07) is 8.48. The summed E-state index contributed by atoms with van der Waals surface area (Å²) in [5.41, 5.74) is 2.50. The Morgan fingerprint density at radius 1 is 1.11 bits per heavy atom. The topological polar surface area (TPSA) is 24.4 Å². The van der Waals surface area contributed by atoms with Crippen LogP contribution in [0.2, 0.25) is 0 Å². The summed E-state index contributed by atoms with van der Waals surface area (Å²) in [5, 5.41) is 3.95. The van der Waals surface area contributed by atoms with Crippen LogP contribution in [0.15, 0.2) is 45.3 Å². The van der Waals surface area contributed by atoms with Gasteiger partial charge in [0.25, 0.3) is 0 Å². The maximum absolute atomic E-state index is 12.3. The van der Waals surface area contributed by atoms with Crippen molar-refractivity contribution in [1.29, 1.82) is 0 Å². The van der Waals surface area contributed by atoms with E-state index in [4.69, 9.17) is 0 Å². The first-order valence-electron chi connectivity index (χ1n) is 5.17. The zero-order chi connectivity index (χ0) is 13.9. The van der Waals surface area contributed by atoms with Gasteiger partial charge in [0.15, 0.2) is 0 Å². The first-order valence-corrected chi connectivity index (χ1v) is 6.78. The molecule has 0 atom stereocenters. The standard InChI is InChI=1S/C12H8BrF3N2S/c13-11-6-5-10(19-11)7-17-18-9-3-1-8(2-4-9)12(14,15)16/h1-7,18H. The molecular formula is C12H8BrF3N2S. The highest BCUT2D eigenvalue weighted by Crippen LogP contribution is 2.29. The monoisotopic (exact) mass is 348 g/mol. The van der Waals surface area contributed by atoms with E-state index in [1.807, 2.05) is 12.1 Å². The fourth-order valence-electron chi connectivity index (χ4n) is 1.30. The molecule has 0 aliphatic rings. The van der Waals surface area contributed by atoms with Crippen LogP contribution in [0.4, 0.5) is 18.9 Å². The molecule has 1 aromatic carbocycles. The highest BCUT2D eigenvalue weighted by molar-refractivity contribution is 9.11. The minimum absolute atomic E-state index is 0.500. The highest BCUT2D eigenvalue weighted by Gasteiger charge is 2.29. The van der Waals surface area contributed by atoms with Gasteiger partial charge >= 0.3 is 6.18 Å². The number of thiophene rings is 1. The lowest BCUT2D eigenvalue weighted by atomic mass is 10.2. The van der Waals surface area contributed by atoms with Crippen LogP contribution in [0, 0.1) is 0 Å².